The maximum atomic E-state index is 11.9. The van der Waals surface area contributed by atoms with Crippen molar-refractivity contribution in [2.75, 3.05) is 6.61 Å². The van der Waals surface area contributed by atoms with E-state index in [9.17, 15) is 8.96 Å². The van der Waals surface area contributed by atoms with Crippen molar-refractivity contribution in [1.82, 2.24) is 0 Å². The van der Waals surface area contributed by atoms with E-state index in [1.54, 1.807) is 6.92 Å². The number of alkyl halides is 1. The van der Waals surface area contributed by atoms with Crippen molar-refractivity contribution in [1.29, 1.82) is 5.26 Å². The average molecular weight is 150 g/mol. The molecule has 50 valence electrons. The van der Waals surface area contributed by atoms with Gasteiger partial charge in [-0.3, -0.25) is 0 Å². The number of rotatable bonds is 3. The fraction of sp³-hybridized carbons (Fsp3) is 0.750. The predicted molar refractivity (Wildman–Crippen MR) is 29.7 cm³/mol. The lowest BCUT2D eigenvalue weighted by Gasteiger charge is -1.80. The van der Waals surface area contributed by atoms with E-state index >= 15 is 0 Å². The molecule has 0 fully saturated rings. The molecule has 0 aromatic rings. The van der Waals surface area contributed by atoms with Gasteiger partial charge in [-0.05, 0) is 11.5 Å². The molecule has 0 rings (SSSR count). The summed E-state index contributed by atoms with van der Waals surface area (Å²) < 4.78 is 26.6. The Morgan fingerprint density at radius 1 is 2.00 bits per heavy atom. The van der Waals surface area contributed by atoms with Crippen molar-refractivity contribution in [3.05, 3.63) is 0 Å². The molecule has 5 heteroatoms. The highest BCUT2D eigenvalue weighted by Crippen LogP contribution is 2.29. The molecule has 0 bridgehead atoms. The molecule has 0 saturated carbocycles. The normalized spacial score (nSPS) is 14.1. The Balaban J connectivity index is 3.63. The molecule has 2 unspecified atom stereocenters. The first-order chi connectivity index (χ1) is 4.22. The molecule has 0 aromatic heterocycles. The third-order valence-electron chi connectivity index (χ3n) is 0.548. The van der Waals surface area contributed by atoms with E-state index in [4.69, 9.17) is 5.26 Å². The summed E-state index contributed by atoms with van der Waals surface area (Å²) in [7, 11) is -2.42. The Morgan fingerprint density at radius 3 is 2.89 bits per heavy atom. The summed E-state index contributed by atoms with van der Waals surface area (Å²) in [6, 6.07) is 1.17. The topological polar surface area (TPSA) is 50.1 Å². The number of hydrogen-bond donors (Lipinski definition) is 0. The van der Waals surface area contributed by atoms with E-state index < -0.39 is 13.9 Å². The zero-order valence-corrected chi connectivity index (χ0v) is 5.77. The van der Waals surface area contributed by atoms with Crippen LogP contribution in [-0.2, 0) is 9.09 Å². The van der Waals surface area contributed by atoms with Gasteiger partial charge in [0.2, 0.25) is 0 Å². The number of nitrogens with zero attached hydrogens (tertiary/aromatic N) is 1. The van der Waals surface area contributed by atoms with Gasteiger partial charge in [0.05, 0.1) is 6.61 Å². The maximum absolute atomic E-state index is 11.9. The molecular formula is C4H6FNO2P+. The van der Waals surface area contributed by atoms with Crippen LogP contribution < -0.4 is 0 Å². The van der Waals surface area contributed by atoms with Crippen molar-refractivity contribution in [3.8, 4) is 6.07 Å². The highest BCUT2D eigenvalue weighted by atomic mass is 31.1. The lowest BCUT2D eigenvalue weighted by molar-refractivity contribution is 0.327. The molecule has 0 aromatic carbocycles. The largest absolute Gasteiger partial charge is 0.561 e. The lowest BCUT2D eigenvalue weighted by Crippen LogP contribution is -1.90. The van der Waals surface area contributed by atoms with Crippen molar-refractivity contribution < 1.29 is 13.5 Å². The molecule has 0 radical (unpaired) electrons. The Morgan fingerprint density at radius 2 is 2.56 bits per heavy atom. The van der Waals surface area contributed by atoms with Gasteiger partial charge in [0.25, 0.3) is 0 Å². The van der Waals surface area contributed by atoms with Gasteiger partial charge in [0, 0.05) is 0 Å². The van der Waals surface area contributed by atoms with Crippen LogP contribution in [0.25, 0.3) is 0 Å². The number of hydrogen-bond acceptors (Lipinski definition) is 3. The Labute approximate surface area is 53.3 Å². The van der Waals surface area contributed by atoms with Crippen LogP contribution >= 0.6 is 8.03 Å². The lowest BCUT2D eigenvalue weighted by atomic mass is 10.9. The van der Waals surface area contributed by atoms with Gasteiger partial charge in [0.1, 0.15) is 0 Å². The highest BCUT2D eigenvalue weighted by Gasteiger charge is 2.31. The van der Waals surface area contributed by atoms with Crippen molar-refractivity contribution >= 4 is 8.03 Å². The quantitative estimate of drug-likeness (QED) is 0.574. The zero-order chi connectivity index (χ0) is 7.28. The minimum absolute atomic E-state index is 0.164. The standard InChI is InChI=1S/C4H6FNO2P/c1-2-8-9(7)4(5)3-6/h4H,2H2,1H3/q+1. The minimum Gasteiger partial charge on any atom is -0.190 e. The highest BCUT2D eigenvalue weighted by molar-refractivity contribution is 7.40. The molecule has 0 spiro atoms. The summed E-state index contributed by atoms with van der Waals surface area (Å²) in [5.74, 6) is -1.99. The van der Waals surface area contributed by atoms with Gasteiger partial charge in [-0.15, -0.1) is 4.52 Å². The molecular weight excluding hydrogens is 144 g/mol. The smallest absolute Gasteiger partial charge is 0.190 e. The fourth-order valence-electron chi connectivity index (χ4n) is 0.240. The number of nitriles is 1. The molecule has 0 aliphatic carbocycles. The van der Waals surface area contributed by atoms with E-state index in [0.29, 0.717) is 0 Å². The van der Waals surface area contributed by atoms with Gasteiger partial charge in [0.15, 0.2) is 6.07 Å². The predicted octanol–water partition coefficient (Wildman–Crippen LogP) is 1.58. The van der Waals surface area contributed by atoms with Crippen molar-refractivity contribution in [2.45, 2.75) is 12.8 Å². The van der Waals surface area contributed by atoms with Crippen LogP contribution in [-0.4, -0.2) is 12.5 Å². The third kappa shape index (κ3) is 3.12. The molecule has 0 heterocycles. The summed E-state index contributed by atoms with van der Waals surface area (Å²) in [6.45, 7) is 1.74. The second-order valence-electron chi connectivity index (χ2n) is 1.17. The monoisotopic (exact) mass is 150 g/mol. The van der Waals surface area contributed by atoms with Gasteiger partial charge < -0.3 is 0 Å². The second kappa shape index (κ2) is 4.37. The Hall–Kier alpha value is -0.520. The molecule has 0 N–H and O–H groups in total. The molecule has 0 saturated heterocycles. The third-order valence-corrected chi connectivity index (χ3v) is 1.55. The molecule has 0 aliphatic heterocycles. The maximum Gasteiger partial charge on any atom is 0.561 e. The van der Waals surface area contributed by atoms with E-state index in [0.717, 1.165) is 0 Å². The molecule has 0 aliphatic rings. The molecule has 0 amide bonds. The van der Waals surface area contributed by atoms with E-state index in [-0.39, 0.29) is 6.61 Å². The van der Waals surface area contributed by atoms with Gasteiger partial charge in [-0.25, -0.2) is 0 Å². The van der Waals surface area contributed by atoms with Crippen LogP contribution in [0.5, 0.6) is 0 Å². The van der Waals surface area contributed by atoms with Gasteiger partial charge >= 0.3 is 13.9 Å². The summed E-state index contributed by atoms with van der Waals surface area (Å²) in [4.78, 5) is 0. The fourth-order valence-corrected chi connectivity index (χ4v) is 0.719. The van der Waals surface area contributed by atoms with E-state index in [2.05, 4.69) is 4.52 Å². The Bertz CT molecular complexity index is 144. The first-order valence-corrected chi connectivity index (χ1v) is 3.60. The molecule has 3 nitrogen and oxygen atoms in total. The van der Waals surface area contributed by atoms with Crippen LogP contribution in [0.4, 0.5) is 4.39 Å². The van der Waals surface area contributed by atoms with Crippen LogP contribution in [0, 0.1) is 11.3 Å². The van der Waals surface area contributed by atoms with Crippen molar-refractivity contribution in [2.24, 2.45) is 0 Å². The van der Waals surface area contributed by atoms with Crippen molar-refractivity contribution in [3.63, 3.8) is 0 Å². The summed E-state index contributed by atoms with van der Waals surface area (Å²) in [6.07, 6.45) is 0. The zero-order valence-electron chi connectivity index (χ0n) is 4.87. The molecule has 9 heavy (non-hydrogen) atoms. The summed E-state index contributed by atoms with van der Waals surface area (Å²) >= 11 is 0. The van der Waals surface area contributed by atoms with Crippen LogP contribution in [0.1, 0.15) is 6.92 Å². The van der Waals surface area contributed by atoms with Crippen LogP contribution in [0.2, 0.25) is 0 Å². The van der Waals surface area contributed by atoms with Gasteiger partial charge in [-0.2, -0.15) is 9.65 Å². The van der Waals surface area contributed by atoms with E-state index in [1.165, 1.54) is 6.07 Å². The second-order valence-corrected chi connectivity index (χ2v) is 2.45. The summed E-state index contributed by atoms with van der Waals surface area (Å²) in [5.41, 5.74) is 0. The Kier molecular flexibility index (Phi) is 4.12. The van der Waals surface area contributed by atoms with Gasteiger partial charge in [-0.1, -0.05) is 0 Å². The SMILES string of the molecule is CCO[P+](=O)C(F)C#N. The molecule has 2 atom stereocenters. The number of halogens is 1. The van der Waals surface area contributed by atoms with Crippen LogP contribution in [0.15, 0.2) is 0 Å². The van der Waals surface area contributed by atoms with E-state index in [1.807, 2.05) is 0 Å². The summed E-state index contributed by atoms with van der Waals surface area (Å²) in [5, 5.41) is 7.84. The average Bonchev–Trinajstić information content (AvgIpc) is 1.87. The first-order valence-electron chi connectivity index (χ1n) is 2.35. The first kappa shape index (κ1) is 8.48. The van der Waals surface area contributed by atoms with Crippen LogP contribution in [0.3, 0.4) is 0 Å². The minimum atomic E-state index is -2.42.